The Kier molecular flexibility index (Phi) is 3.59. The van der Waals surface area contributed by atoms with Crippen LogP contribution in [0.3, 0.4) is 0 Å². The number of rotatable bonds is 4. The molecule has 1 aliphatic heterocycles. The van der Waals surface area contributed by atoms with Crippen LogP contribution in [0.15, 0.2) is 5.38 Å². The number of imide groups is 1. The molecule has 1 atom stereocenters. The zero-order valence-corrected chi connectivity index (χ0v) is 11.8. The first-order valence-corrected chi connectivity index (χ1v) is 7.05. The third kappa shape index (κ3) is 2.22. The molecule has 3 amide bonds. The average molecular weight is 288 g/mol. The van der Waals surface area contributed by atoms with E-state index in [1.807, 2.05) is 12.3 Å². The summed E-state index contributed by atoms with van der Waals surface area (Å²) in [4.78, 5) is 29.4. The van der Waals surface area contributed by atoms with E-state index < -0.39 is 5.54 Å². The van der Waals surface area contributed by atoms with Gasteiger partial charge in [0.25, 0.3) is 5.91 Å². The third-order valence-corrected chi connectivity index (χ3v) is 4.24. The van der Waals surface area contributed by atoms with Crippen molar-refractivity contribution >= 4 is 34.9 Å². The van der Waals surface area contributed by atoms with Crippen LogP contribution in [-0.2, 0) is 17.2 Å². The molecule has 1 unspecified atom stereocenters. The summed E-state index contributed by atoms with van der Waals surface area (Å²) in [5.41, 5.74) is -0.0223. The van der Waals surface area contributed by atoms with Gasteiger partial charge in [0.2, 0.25) is 0 Å². The van der Waals surface area contributed by atoms with Gasteiger partial charge in [-0.05, 0) is 13.3 Å². The first kappa shape index (κ1) is 13.3. The predicted octanol–water partition coefficient (Wildman–Crippen LogP) is 2.10. The van der Waals surface area contributed by atoms with Gasteiger partial charge in [0, 0.05) is 5.38 Å². The Balaban J connectivity index is 2.14. The van der Waals surface area contributed by atoms with Gasteiger partial charge in [-0.3, -0.25) is 9.69 Å². The molecule has 1 fully saturated rings. The van der Waals surface area contributed by atoms with E-state index in [1.54, 1.807) is 6.92 Å². The van der Waals surface area contributed by atoms with Gasteiger partial charge < -0.3 is 5.32 Å². The molecule has 1 saturated heterocycles. The van der Waals surface area contributed by atoms with Gasteiger partial charge in [0.05, 0.1) is 18.1 Å². The van der Waals surface area contributed by atoms with Crippen LogP contribution < -0.4 is 5.32 Å². The Morgan fingerprint density at radius 1 is 1.56 bits per heavy atom. The molecule has 0 aromatic carbocycles. The molecular weight excluding hydrogens is 274 g/mol. The van der Waals surface area contributed by atoms with Crippen molar-refractivity contribution in [2.24, 2.45) is 0 Å². The van der Waals surface area contributed by atoms with E-state index in [9.17, 15) is 9.59 Å². The van der Waals surface area contributed by atoms with Crippen LogP contribution in [0.4, 0.5) is 4.79 Å². The Hall–Kier alpha value is -1.14. The summed E-state index contributed by atoms with van der Waals surface area (Å²) >= 11 is 7.07. The molecule has 0 saturated carbocycles. The Labute approximate surface area is 114 Å². The summed E-state index contributed by atoms with van der Waals surface area (Å²) in [5.74, 6) is 0.140. The Bertz CT molecular complexity index is 490. The normalized spacial score (nSPS) is 23.6. The van der Waals surface area contributed by atoms with E-state index in [2.05, 4.69) is 10.3 Å². The van der Waals surface area contributed by atoms with Crippen LogP contribution in [0.1, 0.15) is 31.0 Å². The van der Waals surface area contributed by atoms with Gasteiger partial charge >= 0.3 is 6.03 Å². The standard InChI is InChI=1S/C11H14ClN3O2S/c1-3-11(2)9(16)15(10(17)14-11)5-8-13-7(4-12)6-18-8/h6H,3-5H2,1-2H3,(H,14,17). The molecule has 7 heteroatoms. The molecule has 98 valence electrons. The van der Waals surface area contributed by atoms with Gasteiger partial charge in [-0.2, -0.15) is 0 Å². The number of thiazole rings is 1. The summed E-state index contributed by atoms with van der Waals surface area (Å²) in [5, 5.41) is 5.26. The fourth-order valence-electron chi connectivity index (χ4n) is 1.75. The summed E-state index contributed by atoms with van der Waals surface area (Å²) in [6.45, 7) is 3.82. The Morgan fingerprint density at radius 2 is 2.28 bits per heavy atom. The van der Waals surface area contributed by atoms with Crippen molar-refractivity contribution in [3.05, 3.63) is 16.1 Å². The molecule has 1 aromatic rings. The molecule has 2 rings (SSSR count). The highest BCUT2D eigenvalue weighted by atomic mass is 35.5. The van der Waals surface area contributed by atoms with Crippen molar-refractivity contribution in [1.82, 2.24) is 15.2 Å². The fraction of sp³-hybridized carbons (Fsp3) is 0.545. The number of hydrogen-bond acceptors (Lipinski definition) is 4. The van der Waals surface area contributed by atoms with Gasteiger partial charge in [-0.15, -0.1) is 22.9 Å². The molecule has 0 aliphatic carbocycles. The first-order chi connectivity index (χ1) is 8.50. The minimum absolute atomic E-state index is 0.197. The monoisotopic (exact) mass is 287 g/mol. The number of amides is 3. The minimum atomic E-state index is -0.788. The molecule has 18 heavy (non-hydrogen) atoms. The number of halogens is 1. The maximum Gasteiger partial charge on any atom is 0.325 e. The van der Waals surface area contributed by atoms with E-state index in [0.29, 0.717) is 12.3 Å². The number of urea groups is 1. The van der Waals surface area contributed by atoms with Crippen LogP contribution in [-0.4, -0.2) is 27.4 Å². The lowest BCUT2D eigenvalue weighted by atomic mass is 9.99. The van der Waals surface area contributed by atoms with E-state index in [0.717, 1.165) is 10.7 Å². The maximum absolute atomic E-state index is 12.1. The van der Waals surface area contributed by atoms with Gasteiger partial charge in [-0.25, -0.2) is 9.78 Å². The highest BCUT2D eigenvalue weighted by Gasteiger charge is 2.46. The zero-order valence-electron chi connectivity index (χ0n) is 10.2. The second kappa shape index (κ2) is 4.85. The molecule has 0 spiro atoms. The zero-order chi connectivity index (χ0) is 13.3. The Morgan fingerprint density at radius 3 is 2.78 bits per heavy atom. The van der Waals surface area contributed by atoms with Gasteiger partial charge in [-0.1, -0.05) is 6.92 Å². The lowest BCUT2D eigenvalue weighted by Crippen LogP contribution is -2.43. The molecule has 2 heterocycles. The number of alkyl halides is 1. The fourth-order valence-corrected chi connectivity index (χ4v) is 2.76. The van der Waals surface area contributed by atoms with E-state index in [-0.39, 0.29) is 18.5 Å². The molecular formula is C11H14ClN3O2S. The van der Waals surface area contributed by atoms with Crippen molar-refractivity contribution in [1.29, 1.82) is 0 Å². The number of nitrogens with zero attached hydrogens (tertiary/aromatic N) is 2. The molecule has 0 radical (unpaired) electrons. The first-order valence-electron chi connectivity index (χ1n) is 5.63. The molecule has 0 bridgehead atoms. The van der Waals surface area contributed by atoms with Crippen molar-refractivity contribution in [2.75, 3.05) is 0 Å². The smallest absolute Gasteiger partial charge is 0.323 e. The van der Waals surface area contributed by atoms with Crippen LogP contribution in [0.25, 0.3) is 0 Å². The molecule has 1 aliphatic rings. The SMILES string of the molecule is CCC1(C)NC(=O)N(Cc2nc(CCl)cs2)C1=O. The highest BCUT2D eigenvalue weighted by Crippen LogP contribution is 2.23. The van der Waals surface area contributed by atoms with Crippen molar-refractivity contribution in [2.45, 2.75) is 38.2 Å². The second-order valence-electron chi connectivity index (χ2n) is 4.37. The van der Waals surface area contributed by atoms with Crippen LogP contribution in [0, 0.1) is 0 Å². The third-order valence-electron chi connectivity index (χ3n) is 3.08. The highest BCUT2D eigenvalue weighted by molar-refractivity contribution is 7.09. The lowest BCUT2D eigenvalue weighted by Gasteiger charge is -2.18. The van der Waals surface area contributed by atoms with Crippen molar-refractivity contribution < 1.29 is 9.59 Å². The quantitative estimate of drug-likeness (QED) is 0.681. The van der Waals surface area contributed by atoms with E-state index in [1.165, 1.54) is 16.2 Å². The van der Waals surface area contributed by atoms with Gasteiger partial charge in [0.1, 0.15) is 10.5 Å². The molecule has 1 aromatic heterocycles. The number of carbonyl (C=O) groups is 2. The number of carbonyl (C=O) groups excluding carboxylic acids is 2. The summed E-state index contributed by atoms with van der Waals surface area (Å²) in [6, 6.07) is -0.355. The number of hydrogen-bond donors (Lipinski definition) is 1. The summed E-state index contributed by atoms with van der Waals surface area (Å²) in [7, 11) is 0. The van der Waals surface area contributed by atoms with E-state index >= 15 is 0 Å². The number of aromatic nitrogens is 1. The van der Waals surface area contributed by atoms with Crippen molar-refractivity contribution in [3.8, 4) is 0 Å². The summed E-state index contributed by atoms with van der Waals surface area (Å²) < 4.78 is 0. The van der Waals surface area contributed by atoms with Crippen LogP contribution in [0.5, 0.6) is 0 Å². The second-order valence-corrected chi connectivity index (χ2v) is 5.58. The predicted molar refractivity (Wildman–Crippen MR) is 69.4 cm³/mol. The van der Waals surface area contributed by atoms with Crippen LogP contribution in [0.2, 0.25) is 0 Å². The average Bonchev–Trinajstić information content (AvgIpc) is 2.89. The van der Waals surface area contributed by atoms with Crippen LogP contribution >= 0.6 is 22.9 Å². The molecule has 5 nitrogen and oxygen atoms in total. The molecule has 1 N–H and O–H groups in total. The largest absolute Gasteiger partial charge is 0.325 e. The summed E-state index contributed by atoms with van der Waals surface area (Å²) in [6.07, 6.45) is 0.568. The number of nitrogens with one attached hydrogen (secondary N) is 1. The van der Waals surface area contributed by atoms with Crippen molar-refractivity contribution in [3.63, 3.8) is 0 Å². The maximum atomic E-state index is 12.1. The lowest BCUT2D eigenvalue weighted by molar-refractivity contribution is -0.131. The minimum Gasteiger partial charge on any atom is -0.323 e. The topological polar surface area (TPSA) is 62.3 Å². The van der Waals surface area contributed by atoms with E-state index in [4.69, 9.17) is 11.6 Å². The van der Waals surface area contributed by atoms with Gasteiger partial charge in [0.15, 0.2) is 0 Å².